The van der Waals surface area contributed by atoms with E-state index in [-0.39, 0.29) is 17.9 Å². The van der Waals surface area contributed by atoms with Crippen LogP contribution in [0.15, 0.2) is 24.3 Å². The Kier molecular flexibility index (Phi) is 5.55. The van der Waals surface area contributed by atoms with E-state index >= 15 is 0 Å². The van der Waals surface area contributed by atoms with Gasteiger partial charge in [-0.3, -0.25) is 4.79 Å². The number of benzene rings is 1. The van der Waals surface area contributed by atoms with Crippen molar-refractivity contribution in [2.24, 2.45) is 0 Å². The predicted molar refractivity (Wildman–Crippen MR) is 78.4 cm³/mol. The Morgan fingerprint density at radius 3 is 2.21 bits per heavy atom. The number of nitrogens with zero attached hydrogens (tertiary/aromatic N) is 1. The Morgan fingerprint density at radius 1 is 1.21 bits per heavy atom. The lowest BCUT2D eigenvalue weighted by Gasteiger charge is -2.24. The summed E-state index contributed by atoms with van der Waals surface area (Å²) in [7, 11) is 0. The maximum atomic E-state index is 12.2. The number of likely N-dealkylation sites (N-methyl/N-ethyl adjacent to an activating group) is 1. The summed E-state index contributed by atoms with van der Waals surface area (Å²) in [5, 5.41) is 8.95. The van der Waals surface area contributed by atoms with E-state index in [0.29, 0.717) is 18.7 Å². The van der Waals surface area contributed by atoms with Gasteiger partial charge in [0.2, 0.25) is 0 Å². The fourth-order valence-electron chi connectivity index (χ4n) is 1.97. The van der Waals surface area contributed by atoms with E-state index in [1.807, 2.05) is 31.2 Å². The summed E-state index contributed by atoms with van der Waals surface area (Å²) in [5.41, 5.74) is 2.07. The lowest BCUT2D eigenvalue weighted by molar-refractivity contribution is 0.0732. The normalized spacial score (nSPS) is 11.4. The molecule has 0 aliphatic carbocycles. The first kappa shape index (κ1) is 15.7. The maximum Gasteiger partial charge on any atom is 0.253 e. The summed E-state index contributed by atoms with van der Waals surface area (Å²) in [4.78, 5) is 13.9. The molecule has 0 fully saturated rings. The number of carbonyl (C=O) groups is 1. The number of carbonyl (C=O) groups excluding carboxylic acids is 1. The number of aliphatic hydroxyl groups is 1. The van der Waals surface area contributed by atoms with Crippen molar-refractivity contribution in [3.63, 3.8) is 0 Å². The standard InChI is InChI=1S/C16H25NO2/c1-5-16(3,4)14-9-7-13(8-10-14)15(19)17(6-2)11-12-18/h7-10,18H,5-6,11-12H2,1-4H3. The van der Waals surface area contributed by atoms with Crippen molar-refractivity contribution in [3.8, 4) is 0 Å². The van der Waals surface area contributed by atoms with Gasteiger partial charge in [0.25, 0.3) is 5.91 Å². The summed E-state index contributed by atoms with van der Waals surface area (Å²) >= 11 is 0. The molecular weight excluding hydrogens is 238 g/mol. The molecule has 106 valence electrons. The van der Waals surface area contributed by atoms with E-state index in [1.54, 1.807) is 4.90 Å². The zero-order valence-corrected chi connectivity index (χ0v) is 12.4. The molecule has 0 bridgehead atoms. The summed E-state index contributed by atoms with van der Waals surface area (Å²) < 4.78 is 0. The van der Waals surface area contributed by atoms with E-state index < -0.39 is 0 Å². The third-order valence-corrected chi connectivity index (χ3v) is 3.84. The molecule has 1 N–H and O–H groups in total. The van der Waals surface area contributed by atoms with Gasteiger partial charge in [-0.25, -0.2) is 0 Å². The third-order valence-electron chi connectivity index (χ3n) is 3.84. The number of aliphatic hydroxyl groups excluding tert-OH is 1. The Bertz CT molecular complexity index is 409. The van der Waals surface area contributed by atoms with Crippen molar-refractivity contribution in [2.75, 3.05) is 19.7 Å². The van der Waals surface area contributed by atoms with Gasteiger partial charge < -0.3 is 10.0 Å². The first-order valence-corrected chi connectivity index (χ1v) is 6.97. The van der Waals surface area contributed by atoms with Gasteiger partial charge in [0.1, 0.15) is 0 Å². The lowest BCUT2D eigenvalue weighted by Crippen LogP contribution is -2.33. The molecule has 1 rings (SSSR count). The minimum atomic E-state index is -0.0163. The van der Waals surface area contributed by atoms with Crippen LogP contribution in [0.5, 0.6) is 0 Å². The highest BCUT2D eigenvalue weighted by Gasteiger charge is 2.19. The molecule has 1 amide bonds. The molecule has 1 aromatic carbocycles. The molecule has 0 radical (unpaired) electrons. The summed E-state index contributed by atoms with van der Waals surface area (Å²) in [5.74, 6) is -0.0163. The molecule has 19 heavy (non-hydrogen) atoms. The second-order valence-corrected chi connectivity index (χ2v) is 5.42. The van der Waals surface area contributed by atoms with Crippen molar-refractivity contribution >= 4 is 5.91 Å². The van der Waals surface area contributed by atoms with Gasteiger partial charge in [0.05, 0.1) is 6.61 Å². The average Bonchev–Trinajstić information content (AvgIpc) is 2.44. The van der Waals surface area contributed by atoms with E-state index in [4.69, 9.17) is 5.11 Å². The van der Waals surface area contributed by atoms with Crippen molar-refractivity contribution in [3.05, 3.63) is 35.4 Å². The molecule has 0 aliphatic rings. The Labute approximate surface area is 116 Å². The van der Waals surface area contributed by atoms with E-state index in [9.17, 15) is 4.79 Å². The molecule has 0 spiro atoms. The van der Waals surface area contributed by atoms with Crippen molar-refractivity contribution in [1.29, 1.82) is 0 Å². The maximum absolute atomic E-state index is 12.2. The van der Waals surface area contributed by atoms with Gasteiger partial charge >= 0.3 is 0 Å². The van der Waals surface area contributed by atoms with Crippen LogP contribution in [0, 0.1) is 0 Å². The van der Waals surface area contributed by atoms with Crippen LogP contribution in [0.2, 0.25) is 0 Å². The SMILES string of the molecule is CCN(CCO)C(=O)c1ccc(C(C)(C)CC)cc1. The van der Waals surface area contributed by atoms with Crippen LogP contribution in [0.3, 0.4) is 0 Å². The zero-order chi connectivity index (χ0) is 14.5. The molecule has 3 heteroatoms. The summed E-state index contributed by atoms with van der Waals surface area (Å²) in [6.07, 6.45) is 1.06. The second-order valence-electron chi connectivity index (χ2n) is 5.42. The molecular formula is C16H25NO2. The largest absolute Gasteiger partial charge is 0.395 e. The lowest BCUT2D eigenvalue weighted by atomic mass is 9.82. The van der Waals surface area contributed by atoms with Crippen LogP contribution in [0.4, 0.5) is 0 Å². The number of hydrogen-bond donors (Lipinski definition) is 1. The minimum absolute atomic E-state index is 0.000525. The highest BCUT2D eigenvalue weighted by Crippen LogP contribution is 2.26. The van der Waals surface area contributed by atoms with Gasteiger partial charge in [0.15, 0.2) is 0 Å². The van der Waals surface area contributed by atoms with Crippen LogP contribution in [0.1, 0.15) is 50.0 Å². The zero-order valence-electron chi connectivity index (χ0n) is 12.4. The molecule has 0 aliphatic heterocycles. The van der Waals surface area contributed by atoms with Crippen LogP contribution in [0.25, 0.3) is 0 Å². The third kappa shape index (κ3) is 3.80. The number of amides is 1. The molecule has 3 nitrogen and oxygen atoms in total. The van der Waals surface area contributed by atoms with E-state index in [2.05, 4.69) is 20.8 Å². The highest BCUT2D eigenvalue weighted by molar-refractivity contribution is 5.94. The van der Waals surface area contributed by atoms with E-state index in [1.165, 1.54) is 5.56 Å². The quantitative estimate of drug-likeness (QED) is 0.857. The molecule has 0 saturated carbocycles. The van der Waals surface area contributed by atoms with Gasteiger partial charge in [-0.05, 0) is 36.5 Å². The van der Waals surface area contributed by atoms with Gasteiger partial charge in [-0.1, -0.05) is 32.9 Å². The van der Waals surface area contributed by atoms with Crippen LogP contribution >= 0.6 is 0 Å². The smallest absolute Gasteiger partial charge is 0.253 e. The molecule has 0 unspecified atom stereocenters. The number of rotatable bonds is 6. The molecule has 0 heterocycles. The molecule has 0 atom stereocenters. The summed E-state index contributed by atoms with van der Waals surface area (Å²) in [6, 6.07) is 7.83. The van der Waals surface area contributed by atoms with Gasteiger partial charge in [-0.15, -0.1) is 0 Å². The number of hydrogen-bond acceptors (Lipinski definition) is 2. The van der Waals surface area contributed by atoms with Gasteiger partial charge in [0, 0.05) is 18.7 Å². The monoisotopic (exact) mass is 263 g/mol. The fourth-order valence-corrected chi connectivity index (χ4v) is 1.97. The average molecular weight is 263 g/mol. The first-order chi connectivity index (χ1) is 8.96. The topological polar surface area (TPSA) is 40.5 Å². The van der Waals surface area contributed by atoms with Gasteiger partial charge in [-0.2, -0.15) is 0 Å². The first-order valence-electron chi connectivity index (χ1n) is 6.97. The minimum Gasteiger partial charge on any atom is -0.395 e. The van der Waals surface area contributed by atoms with Crippen LogP contribution < -0.4 is 0 Å². The second kappa shape index (κ2) is 6.71. The highest BCUT2D eigenvalue weighted by atomic mass is 16.3. The van der Waals surface area contributed by atoms with Crippen molar-refractivity contribution < 1.29 is 9.90 Å². The fraction of sp³-hybridized carbons (Fsp3) is 0.562. The predicted octanol–water partition coefficient (Wildman–Crippen LogP) is 2.83. The Hall–Kier alpha value is -1.35. The van der Waals surface area contributed by atoms with Crippen molar-refractivity contribution in [1.82, 2.24) is 4.90 Å². The molecule has 0 aromatic heterocycles. The Balaban J connectivity index is 2.89. The molecule has 0 saturated heterocycles. The van der Waals surface area contributed by atoms with Crippen molar-refractivity contribution in [2.45, 2.75) is 39.5 Å². The van der Waals surface area contributed by atoms with E-state index in [0.717, 1.165) is 6.42 Å². The van der Waals surface area contributed by atoms with Crippen LogP contribution in [-0.2, 0) is 5.41 Å². The Morgan fingerprint density at radius 2 is 1.79 bits per heavy atom. The molecule has 1 aromatic rings. The van der Waals surface area contributed by atoms with Crippen LogP contribution in [-0.4, -0.2) is 35.6 Å². The summed E-state index contributed by atoms with van der Waals surface area (Å²) in [6.45, 7) is 9.49.